The van der Waals surface area contributed by atoms with E-state index in [1.54, 1.807) is 0 Å². The van der Waals surface area contributed by atoms with Crippen LogP contribution < -0.4 is 5.73 Å². The van der Waals surface area contributed by atoms with Crippen molar-refractivity contribution in [1.82, 2.24) is 4.90 Å². The van der Waals surface area contributed by atoms with Crippen LogP contribution in [0.5, 0.6) is 0 Å². The van der Waals surface area contributed by atoms with Gasteiger partial charge in [-0.05, 0) is 27.4 Å². The van der Waals surface area contributed by atoms with Crippen LogP contribution in [0.2, 0.25) is 0 Å². The fraction of sp³-hybridized carbons (Fsp3) is 0.524. The highest BCUT2D eigenvalue weighted by atomic mass is 32.2. The maximum Gasteiger partial charge on any atom is 0.425 e. The molecule has 3 N–H and O–H groups in total. The predicted molar refractivity (Wildman–Crippen MR) is 125 cm³/mol. The fourth-order valence-corrected chi connectivity index (χ4v) is 2.67. The summed E-state index contributed by atoms with van der Waals surface area (Å²) in [4.78, 5) is 44.4. The molecule has 0 saturated heterocycles. The quantitative estimate of drug-likeness (QED) is 0.107. The van der Waals surface area contributed by atoms with E-state index in [2.05, 4.69) is 19.7 Å². The second-order valence-electron chi connectivity index (χ2n) is 6.94. The lowest BCUT2D eigenvalue weighted by atomic mass is 10.3. The van der Waals surface area contributed by atoms with E-state index in [0.717, 1.165) is 36.5 Å². The molecule has 14 heteroatoms. The van der Waals surface area contributed by atoms with Gasteiger partial charge in [-0.3, -0.25) is 9.45 Å². The molecule has 200 valence electrons. The van der Waals surface area contributed by atoms with E-state index in [0.29, 0.717) is 6.42 Å². The van der Waals surface area contributed by atoms with Gasteiger partial charge in [0.2, 0.25) is 4.87 Å². The highest BCUT2D eigenvalue weighted by Gasteiger charge is 2.49. The molecule has 0 bridgehead atoms. The number of hydrogen-bond acceptors (Lipinski definition) is 12. The van der Waals surface area contributed by atoms with Crippen molar-refractivity contribution in [2.45, 2.75) is 44.0 Å². The lowest BCUT2D eigenvalue weighted by Gasteiger charge is -2.30. The number of esters is 4. The Morgan fingerprint density at radius 3 is 1.63 bits per heavy atom. The molecule has 0 saturated carbocycles. The summed E-state index contributed by atoms with van der Waals surface area (Å²) in [7, 11) is -1.78. The molecule has 0 aliphatic carbocycles. The molecule has 35 heavy (non-hydrogen) atoms. The topological polar surface area (TPSA) is 189 Å². The first-order valence-corrected chi connectivity index (χ1v) is 11.6. The van der Waals surface area contributed by atoms with E-state index in [1.165, 1.54) is 14.1 Å². The SMILES string of the molecule is C=CC(=O)OC(CCN)(OC(=O)C=C)OC(=O)C=C.CCCCOC(=O)C(C)(N(C)C)S(=O)(=O)O. The Kier molecular flexibility index (Phi) is 15.4. The van der Waals surface area contributed by atoms with Crippen molar-refractivity contribution in [2.75, 3.05) is 27.2 Å². The molecule has 0 aliphatic rings. The Labute approximate surface area is 205 Å². The van der Waals surface area contributed by atoms with E-state index in [-0.39, 0.29) is 19.6 Å². The Bertz CT molecular complexity index is 829. The summed E-state index contributed by atoms with van der Waals surface area (Å²) in [6.07, 6.45) is 3.67. The monoisotopic (exact) mass is 522 g/mol. The van der Waals surface area contributed by atoms with Gasteiger partial charge in [-0.1, -0.05) is 33.1 Å². The van der Waals surface area contributed by atoms with Crippen molar-refractivity contribution in [3.8, 4) is 0 Å². The summed E-state index contributed by atoms with van der Waals surface area (Å²) in [6.45, 7) is 12.6. The minimum Gasteiger partial charge on any atom is -0.463 e. The Balaban J connectivity index is 0. The van der Waals surface area contributed by atoms with Crippen LogP contribution >= 0.6 is 0 Å². The van der Waals surface area contributed by atoms with Crippen LogP contribution in [0.25, 0.3) is 0 Å². The molecule has 0 aromatic carbocycles. The smallest absolute Gasteiger partial charge is 0.425 e. The predicted octanol–water partition coefficient (Wildman–Crippen LogP) is 0.672. The van der Waals surface area contributed by atoms with Gasteiger partial charge in [-0.25, -0.2) is 19.2 Å². The molecule has 0 rings (SSSR count). The summed E-state index contributed by atoms with van der Waals surface area (Å²) >= 11 is 0. The number of ether oxygens (including phenoxy) is 4. The average molecular weight is 523 g/mol. The first kappa shape index (κ1) is 34.1. The lowest BCUT2D eigenvalue weighted by molar-refractivity contribution is -0.325. The molecule has 0 heterocycles. The molecule has 0 aromatic heterocycles. The van der Waals surface area contributed by atoms with E-state index in [9.17, 15) is 27.6 Å². The third-order valence-corrected chi connectivity index (χ3v) is 5.72. The maximum atomic E-state index is 11.6. The summed E-state index contributed by atoms with van der Waals surface area (Å²) in [6, 6.07) is 0. The van der Waals surface area contributed by atoms with Crippen LogP contribution in [0, 0.1) is 0 Å². The molecule has 0 amide bonds. The van der Waals surface area contributed by atoms with Gasteiger partial charge >= 0.3 is 29.9 Å². The fourth-order valence-electron chi connectivity index (χ4n) is 1.94. The Morgan fingerprint density at radius 1 is 0.971 bits per heavy atom. The number of likely N-dealkylation sites (N-methyl/N-ethyl adjacent to an activating group) is 1. The Hall–Kier alpha value is -3.07. The van der Waals surface area contributed by atoms with Gasteiger partial charge in [0.05, 0.1) is 13.0 Å². The minimum absolute atomic E-state index is 0.0841. The zero-order valence-electron chi connectivity index (χ0n) is 20.4. The van der Waals surface area contributed by atoms with Crippen molar-refractivity contribution >= 4 is 34.0 Å². The first-order valence-electron chi connectivity index (χ1n) is 10.2. The second kappa shape index (κ2) is 15.8. The zero-order chi connectivity index (χ0) is 27.9. The van der Waals surface area contributed by atoms with Gasteiger partial charge < -0.3 is 24.7 Å². The van der Waals surface area contributed by atoms with Crippen molar-refractivity contribution in [1.29, 1.82) is 0 Å². The van der Waals surface area contributed by atoms with Crippen LogP contribution in [0.4, 0.5) is 0 Å². The van der Waals surface area contributed by atoms with E-state index >= 15 is 0 Å². The number of nitrogens with zero attached hydrogens (tertiary/aromatic N) is 1. The maximum absolute atomic E-state index is 11.6. The molecule has 0 fully saturated rings. The number of carbonyl (C=O) groups excluding carboxylic acids is 4. The number of nitrogens with two attached hydrogens (primary N) is 1. The molecule has 0 aliphatic heterocycles. The lowest BCUT2D eigenvalue weighted by Crippen LogP contribution is -2.55. The zero-order valence-corrected chi connectivity index (χ0v) is 21.2. The first-order chi connectivity index (χ1) is 16.1. The molecule has 0 spiro atoms. The van der Waals surface area contributed by atoms with Crippen LogP contribution in [0.15, 0.2) is 38.0 Å². The Morgan fingerprint density at radius 2 is 1.37 bits per heavy atom. The highest BCUT2D eigenvalue weighted by molar-refractivity contribution is 7.88. The van der Waals surface area contributed by atoms with Crippen LogP contribution in [-0.2, 0) is 48.2 Å². The molecular formula is C21H34N2O11S. The third kappa shape index (κ3) is 11.3. The molecular weight excluding hydrogens is 488 g/mol. The molecule has 1 atom stereocenters. The summed E-state index contributed by atoms with van der Waals surface area (Å²) in [5.41, 5.74) is 5.31. The number of carbonyl (C=O) groups is 4. The number of unbranched alkanes of at least 4 members (excludes halogenated alkanes) is 1. The van der Waals surface area contributed by atoms with Gasteiger partial charge in [0, 0.05) is 24.8 Å². The third-order valence-electron chi connectivity index (χ3n) is 4.18. The highest BCUT2D eigenvalue weighted by Crippen LogP contribution is 2.22. The van der Waals surface area contributed by atoms with Crippen LogP contribution in [0.1, 0.15) is 33.1 Å². The second-order valence-corrected chi connectivity index (χ2v) is 8.68. The van der Waals surface area contributed by atoms with Gasteiger partial charge in [-0.15, -0.1) is 0 Å². The standard InChI is InChI=1S/C12H15NO6.C9H19NO5S/c1-4-9(14)17-12(7-8-13,18-10(15)5-2)19-11(16)6-3;1-5-6-7-15-8(11)9(2,10(3)4)16(12,13)14/h4-6H,1-3,7-8,13H2;5-7H2,1-4H3,(H,12,13,14). The van der Waals surface area contributed by atoms with Crippen molar-refractivity contribution in [3.05, 3.63) is 38.0 Å². The normalized spacial score (nSPS) is 12.7. The molecule has 0 aromatic rings. The van der Waals surface area contributed by atoms with Crippen molar-refractivity contribution < 1.29 is 51.1 Å². The van der Waals surface area contributed by atoms with E-state index < -0.39 is 44.8 Å². The largest absolute Gasteiger partial charge is 0.463 e. The average Bonchev–Trinajstić information content (AvgIpc) is 2.77. The molecule has 0 radical (unpaired) electrons. The van der Waals surface area contributed by atoms with Gasteiger partial charge in [-0.2, -0.15) is 8.42 Å². The number of hydrogen-bond donors (Lipinski definition) is 2. The summed E-state index contributed by atoms with van der Waals surface area (Å²) in [5.74, 6) is -6.10. The number of rotatable bonds is 14. The summed E-state index contributed by atoms with van der Waals surface area (Å²) < 4.78 is 50.5. The molecule has 13 nitrogen and oxygen atoms in total. The van der Waals surface area contributed by atoms with E-state index in [4.69, 9.17) is 29.2 Å². The van der Waals surface area contributed by atoms with Crippen LogP contribution in [-0.4, -0.2) is 79.8 Å². The van der Waals surface area contributed by atoms with E-state index in [1.807, 2.05) is 6.92 Å². The van der Waals surface area contributed by atoms with Gasteiger partial charge in [0.1, 0.15) is 0 Å². The van der Waals surface area contributed by atoms with Crippen LogP contribution in [0.3, 0.4) is 0 Å². The minimum atomic E-state index is -4.55. The molecule has 1 unspecified atom stereocenters. The summed E-state index contributed by atoms with van der Waals surface area (Å²) in [5, 5.41) is 0. The van der Waals surface area contributed by atoms with Crippen molar-refractivity contribution in [3.63, 3.8) is 0 Å². The van der Waals surface area contributed by atoms with Gasteiger partial charge in [0.25, 0.3) is 10.1 Å². The van der Waals surface area contributed by atoms with Crippen molar-refractivity contribution in [2.24, 2.45) is 5.73 Å². The van der Waals surface area contributed by atoms with Gasteiger partial charge in [0.15, 0.2) is 0 Å².